The van der Waals surface area contributed by atoms with Crippen LogP contribution in [0.25, 0.3) is 5.57 Å². The first kappa shape index (κ1) is 19.3. The number of halogens is 2. The molecule has 0 saturated heterocycles. The lowest BCUT2D eigenvalue weighted by molar-refractivity contribution is -0.139. The first-order chi connectivity index (χ1) is 12.3. The Morgan fingerprint density at radius 1 is 0.962 bits per heavy atom. The van der Waals surface area contributed by atoms with Crippen LogP contribution in [0.4, 0.5) is 14.5 Å². The molecule has 0 unspecified atom stereocenters. The fourth-order valence-electron chi connectivity index (χ4n) is 2.28. The highest BCUT2D eigenvalue weighted by Gasteiger charge is 2.17. The molecule has 0 aliphatic rings. The predicted molar refractivity (Wildman–Crippen MR) is 95.7 cm³/mol. The molecule has 2 rings (SSSR count). The number of allylic oxidation sites excluding steroid dienone is 1. The summed E-state index contributed by atoms with van der Waals surface area (Å²) >= 11 is 0. The summed E-state index contributed by atoms with van der Waals surface area (Å²) in [6, 6.07) is 10.1. The van der Waals surface area contributed by atoms with E-state index < -0.39 is 23.1 Å². The molecule has 0 fully saturated rings. The SMILES string of the molecule is CC(=O)OC/C(C)=C(/C)c1ccc(NC(=O)c2c(F)cccc2F)cc1. The van der Waals surface area contributed by atoms with Gasteiger partial charge in [-0.05, 0) is 54.8 Å². The molecule has 26 heavy (non-hydrogen) atoms. The molecule has 0 heterocycles. The van der Waals surface area contributed by atoms with E-state index in [0.717, 1.165) is 28.8 Å². The van der Waals surface area contributed by atoms with E-state index in [4.69, 9.17) is 4.74 Å². The third-order valence-electron chi connectivity index (χ3n) is 3.90. The van der Waals surface area contributed by atoms with Gasteiger partial charge in [-0.1, -0.05) is 18.2 Å². The number of esters is 1. The van der Waals surface area contributed by atoms with E-state index in [1.54, 1.807) is 24.3 Å². The summed E-state index contributed by atoms with van der Waals surface area (Å²) < 4.78 is 32.3. The van der Waals surface area contributed by atoms with Crippen LogP contribution in [0, 0.1) is 11.6 Å². The van der Waals surface area contributed by atoms with Crippen molar-refractivity contribution in [3.05, 3.63) is 70.8 Å². The van der Waals surface area contributed by atoms with Crippen LogP contribution in [-0.4, -0.2) is 18.5 Å². The second-order valence-electron chi connectivity index (χ2n) is 5.81. The maximum atomic E-state index is 13.6. The summed E-state index contributed by atoms with van der Waals surface area (Å²) in [5.41, 5.74) is 2.50. The molecule has 0 aromatic heterocycles. The standard InChI is InChI=1S/C20H19F2NO3/c1-12(11-26-14(3)24)13(2)15-7-9-16(10-8-15)23-20(25)19-17(21)5-4-6-18(19)22/h4-10H,11H2,1-3H3,(H,23,25)/b13-12-. The minimum absolute atomic E-state index is 0.201. The lowest BCUT2D eigenvalue weighted by Gasteiger charge is -2.10. The second-order valence-corrected chi connectivity index (χ2v) is 5.81. The van der Waals surface area contributed by atoms with Gasteiger partial charge in [0.1, 0.15) is 23.8 Å². The van der Waals surface area contributed by atoms with Gasteiger partial charge in [0.2, 0.25) is 0 Å². The highest BCUT2D eigenvalue weighted by molar-refractivity contribution is 6.04. The normalized spacial score (nSPS) is 11.6. The number of hydrogen-bond acceptors (Lipinski definition) is 3. The molecule has 0 atom stereocenters. The lowest BCUT2D eigenvalue weighted by Crippen LogP contribution is -2.15. The van der Waals surface area contributed by atoms with E-state index >= 15 is 0 Å². The van der Waals surface area contributed by atoms with E-state index in [9.17, 15) is 18.4 Å². The van der Waals surface area contributed by atoms with Gasteiger partial charge in [-0.2, -0.15) is 0 Å². The topological polar surface area (TPSA) is 55.4 Å². The van der Waals surface area contributed by atoms with Gasteiger partial charge < -0.3 is 10.1 Å². The van der Waals surface area contributed by atoms with Crippen molar-refractivity contribution >= 4 is 23.1 Å². The monoisotopic (exact) mass is 359 g/mol. The number of anilines is 1. The zero-order valence-corrected chi connectivity index (χ0v) is 14.7. The van der Waals surface area contributed by atoms with Gasteiger partial charge in [0, 0.05) is 12.6 Å². The van der Waals surface area contributed by atoms with Gasteiger partial charge in [-0.3, -0.25) is 9.59 Å². The van der Waals surface area contributed by atoms with Crippen LogP contribution in [0.15, 0.2) is 48.0 Å². The van der Waals surface area contributed by atoms with Gasteiger partial charge in [-0.25, -0.2) is 8.78 Å². The van der Waals surface area contributed by atoms with Crippen molar-refractivity contribution in [2.24, 2.45) is 0 Å². The fraction of sp³-hybridized carbons (Fsp3) is 0.200. The Morgan fingerprint density at radius 2 is 1.54 bits per heavy atom. The highest BCUT2D eigenvalue weighted by Crippen LogP contribution is 2.21. The molecule has 0 spiro atoms. The van der Waals surface area contributed by atoms with E-state index in [-0.39, 0.29) is 12.6 Å². The number of rotatable bonds is 5. The smallest absolute Gasteiger partial charge is 0.302 e. The number of benzene rings is 2. The molecule has 6 heteroatoms. The number of hydrogen-bond donors (Lipinski definition) is 1. The summed E-state index contributed by atoms with van der Waals surface area (Å²) in [4.78, 5) is 23.0. The molecule has 2 aromatic carbocycles. The number of carbonyl (C=O) groups excluding carboxylic acids is 2. The maximum Gasteiger partial charge on any atom is 0.302 e. The zero-order chi connectivity index (χ0) is 19.3. The second kappa shape index (κ2) is 8.38. The Bertz CT molecular complexity index is 838. The van der Waals surface area contributed by atoms with Crippen molar-refractivity contribution < 1.29 is 23.1 Å². The molecule has 0 aliphatic carbocycles. The van der Waals surface area contributed by atoms with E-state index in [2.05, 4.69) is 5.32 Å². The molecule has 0 radical (unpaired) electrons. The zero-order valence-electron chi connectivity index (χ0n) is 14.7. The Balaban J connectivity index is 2.13. The molecule has 0 bridgehead atoms. The Kier molecular flexibility index (Phi) is 6.22. The first-order valence-electron chi connectivity index (χ1n) is 7.95. The summed E-state index contributed by atoms with van der Waals surface area (Å²) in [7, 11) is 0. The van der Waals surface area contributed by atoms with E-state index in [0.29, 0.717) is 5.69 Å². The van der Waals surface area contributed by atoms with Crippen LogP contribution in [0.1, 0.15) is 36.7 Å². The van der Waals surface area contributed by atoms with Gasteiger partial charge in [0.25, 0.3) is 5.91 Å². The van der Waals surface area contributed by atoms with Crippen LogP contribution >= 0.6 is 0 Å². The summed E-state index contributed by atoms with van der Waals surface area (Å²) in [5.74, 6) is -3.04. The van der Waals surface area contributed by atoms with Crippen LogP contribution < -0.4 is 5.32 Å². The summed E-state index contributed by atoms with van der Waals surface area (Å²) in [5, 5.41) is 2.47. The Labute approximate surface area is 150 Å². The molecular formula is C20H19F2NO3. The Hall–Kier alpha value is -3.02. The number of ether oxygens (including phenoxy) is 1. The first-order valence-corrected chi connectivity index (χ1v) is 7.95. The van der Waals surface area contributed by atoms with Gasteiger partial charge >= 0.3 is 5.97 Å². The van der Waals surface area contributed by atoms with Gasteiger partial charge in [0.15, 0.2) is 0 Å². The molecule has 0 aliphatic heterocycles. The van der Waals surface area contributed by atoms with Crippen molar-refractivity contribution in [1.29, 1.82) is 0 Å². The summed E-state index contributed by atoms with van der Waals surface area (Å²) in [6.45, 7) is 5.29. The maximum absolute atomic E-state index is 13.6. The van der Waals surface area contributed by atoms with Crippen molar-refractivity contribution in [2.75, 3.05) is 11.9 Å². The molecule has 0 saturated carbocycles. The minimum Gasteiger partial charge on any atom is -0.461 e. The van der Waals surface area contributed by atoms with Gasteiger partial charge in [-0.15, -0.1) is 0 Å². The number of nitrogens with one attached hydrogen (secondary N) is 1. The van der Waals surface area contributed by atoms with Crippen LogP contribution in [0.3, 0.4) is 0 Å². The van der Waals surface area contributed by atoms with Gasteiger partial charge in [0.05, 0.1) is 0 Å². The van der Waals surface area contributed by atoms with Crippen LogP contribution in [0.2, 0.25) is 0 Å². The number of carbonyl (C=O) groups is 2. The molecule has 4 nitrogen and oxygen atoms in total. The molecule has 136 valence electrons. The van der Waals surface area contributed by atoms with Crippen LogP contribution in [0.5, 0.6) is 0 Å². The van der Waals surface area contributed by atoms with Crippen molar-refractivity contribution in [3.63, 3.8) is 0 Å². The van der Waals surface area contributed by atoms with Crippen molar-refractivity contribution in [3.8, 4) is 0 Å². The quantitative estimate of drug-likeness (QED) is 0.796. The molecule has 1 N–H and O–H groups in total. The lowest BCUT2D eigenvalue weighted by atomic mass is 10.0. The van der Waals surface area contributed by atoms with E-state index in [1.165, 1.54) is 13.0 Å². The van der Waals surface area contributed by atoms with Crippen molar-refractivity contribution in [1.82, 2.24) is 0 Å². The van der Waals surface area contributed by atoms with E-state index in [1.807, 2.05) is 13.8 Å². The predicted octanol–water partition coefficient (Wildman–Crippen LogP) is 4.57. The fourth-order valence-corrected chi connectivity index (χ4v) is 2.28. The average Bonchev–Trinajstić information content (AvgIpc) is 2.59. The largest absolute Gasteiger partial charge is 0.461 e. The summed E-state index contributed by atoms with van der Waals surface area (Å²) in [6.07, 6.45) is 0. The third kappa shape index (κ3) is 4.75. The van der Waals surface area contributed by atoms with Crippen molar-refractivity contribution in [2.45, 2.75) is 20.8 Å². The molecular weight excluding hydrogens is 340 g/mol. The Morgan fingerprint density at radius 3 is 2.08 bits per heavy atom. The average molecular weight is 359 g/mol. The molecule has 2 aromatic rings. The molecule has 1 amide bonds. The van der Waals surface area contributed by atoms with Crippen LogP contribution in [-0.2, 0) is 9.53 Å². The third-order valence-corrected chi connectivity index (χ3v) is 3.90. The minimum atomic E-state index is -0.918. The number of amides is 1. The highest BCUT2D eigenvalue weighted by atomic mass is 19.1.